The summed E-state index contributed by atoms with van der Waals surface area (Å²) in [5, 5.41) is 7.07. The number of hydrogen-bond donors (Lipinski definition) is 1. The average Bonchev–Trinajstić information content (AvgIpc) is 2.61. The van der Waals surface area contributed by atoms with Crippen molar-refractivity contribution < 1.29 is 4.79 Å². The Bertz CT molecular complexity index is 896. The molecule has 0 bridgehead atoms. The Morgan fingerprint density at radius 1 is 1.00 bits per heavy atom. The Morgan fingerprint density at radius 3 is 2.50 bits per heavy atom. The van der Waals surface area contributed by atoms with Crippen molar-refractivity contribution in [3.8, 4) is 0 Å². The number of halogens is 1. The van der Waals surface area contributed by atoms with Gasteiger partial charge in [-0.15, -0.1) is 0 Å². The summed E-state index contributed by atoms with van der Waals surface area (Å²) in [6, 6.07) is 21.4. The van der Waals surface area contributed by atoms with E-state index >= 15 is 0 Å². The zero-order chi connectivity index (χ0) is 16.9. The molecule has 4 heteroatoms. The van der Waals surface area contributed by atoms with Crippen molar-refractivity contribution in [2.24, 2.45) is 5.10 Å². The highest BCUT2D eigenvalue weighted by Crippen LogP contribution is 2.18. The lowest BCUT2D eigenvalue weighted by atomic mass is 10.0. The van der Waals surface area contributed by atoms with Gasteiger partial charge in [-0.05, 0) is 41.0 Å². The van der Waals surface area contributed by atoms with Gasteiger partial charge < -0.3 is 0 Å². The minimum absolute atomic E-state index is 0.139. The van der Waals surface area contributed by atoms with Crippen LogP contribution in [0.3, 0.4) is 0 Å². The molecule has 120 valence electrons. The van der Waals surface area contributed by atoms with Gasteiger partial charge in [0.1, 0.15) is 0 Å². The predicted molar refractivity (Wildman–Crippen MR) is 99.5 cm³/mol. The second-order valence-electron chi connectivity index (χ2n) is 5.55. The first kappa shape index (κ1) is 16.2. The Hall–Kier alpha value is -2.65. The van der Waals surface area contributed by atoms with E-state index in [1.54, 1.807) is 12.1 Å². The normalized spacial score (nSPS) is 11.5. The molecule has 0 aromatic heterocycles. The van der Waals surface area contributed by atoms with Crippen LogP contribution in [0.25, 0.3) is 10.8 Å². The van der Waals surface area contributed by atoms with E-state index in [2.05, 4.69) is 10.5 Å². The zero-order valence-corrected chi connectivity index (χ0v) is 14.0. The van der Waals surface area contributed by atoms with Crippen molar-refractivity contribution >= 4 is 34.0 Å². The molecule has 0 unspecified atom stereocenters. The van der Waals surface area contributed by atoms with Gasteiger partial charge in [0.2, 0.25) is 5.91 Å². The van der Waals surface area contributed by atoms with Crippen molar-refractivity contribution in [3.63, 3.8) is 0 Å². The smallest absolute Gasteiger partial charge is 0.244 e. The molecule has 0 aliphatic rings. The number of carbonyl (C=O) groups is 1. The van der Waals surface area contributed by atoms with Gasteiger partial charge >= 0.3 is 0 Å². The molecule has 0 saturated heterocycles. The maximum absolute atomic E-state index is 12.2. The van der Waals surface area contributed by atoms with Crippen molar-refractivity contribution in [2.75, 3.05) is 0 Å². The van der Waals surface area contributed by atoms with Crippen LogP contribution in [0.4, 0.5) is 0 Å². The molecule has 24 heavy (non-hydrogen) atoms. The predicted octanol–water partition coefficient (Wildman–Crippen LogP) is 4.58. The van der Waals surface area contributed by atoms with E-state index in [9.17, 15) is 4.79 Å². The average molecular weight is 337 g/mol. The molecule has 0 fully saturated rings. The number of hydrogen-bond acceptors (Lipinski definition) is 2. The molecule has 1 N–H and O–H groups in total. The molecule has 1 amide bonds. The Balaban J connectivity index is 1.71. The van der Waals surface area contributed by atoms with Crippen LogP contribution in [0.5, 0.6) is 0 Å². The summed E-state index contributed by atoms with van der Waals surface area (Å²) in [6.07, 6.45) is 0.290. The van der Waals surface area contributed by atoms with Gasteiger partial charge in [-0.2, -0.15) is 5.10 Å². The SMILES string of the molecule is C/C(=N/NC(=O)Cc1cccc2ccccc12)c1ccc(Cl)cc1. The zero-order valence-electron chi connectivity index (χ0n) is 13.3. The third kappa shape index (κ3) is 3.81. The highest BCUT2D eigenvalue weighted by Gasteiger charge is 2.06. The molecule has 3 nitrogen and oxygen atoms in total. The number of benzene rings is 3. The molecule has 0 radical (unpaired) electrons. The van der Waals surface area contributed by atoms with E-state index in [0.717, 1.165) is 27.6 Å². The molecule has 0 saturated carbocycles. The van der Waals surface area contributed by atoms with Crippen LogP contribution in [0.1, 0.15) is 18.1 Å². The largest absolute Gasteiger partial charge is 0.273 e. The van der Waals surface area contributed by atoms with Gasteiger partial charge in [-0.1, -0.05) is 66.2 Å². The van der Waals surface area contributed by atoms with E-state index in [0.29, 0.717) is 11.4 Å². The van der Waals surface area contributed by atoms with Gasteiger partial charge in [-0.3, -0.25) is 4.79 Å². The van der Waals surface area contributed by atoms with Gasteiger partial charge in [-0.25, -0.2) is 5.43 Å². The molecule has 0 heterocycles. The number of amides is 1. The molecule has 0 aliphatic heterocycles. The Morgan fingerprint density at radius 2 is 1.71 bits per heavy atom. The molecule has 0 atom stereocenters. The van der Waals surface area contributed by atoms with Crippen molar-refractivity contribution in [1.82, 2.24) is 5.43 Å². The maximum atomic E-state index is 12.2. The summed E-state index contributed by atoms with van der Waals surface area (Å²) in [5.41, 5.74) is 5.27. The highest BCUT2D eigenvalue weighted by molar-refractivity contribution is 6.30. The fourth-order valence-corrected chi connectivity index (χ4v) is 2.69. The highest BCUT2D eigenvalue weighted by atomic mass is 35.5. The van der Waals surface area contributed by atoms with E-state index in [-0.39, 0.29) is 5.91 Å². The Labute approximate surface area is 146 Å². The third-order valence-corrected chi connectivity index (χ3v) is 4.09. The minimum Gasteiger partial charge on any atom is -0.273 e. The second kappa shape index (κ2) is 7.28. The van der Waals surface area contributed by atoms with Crippen LogP contribution < -0.4 is 5.43 Å². The summed E-state index contributed by atoms with van der Waals surface area (Å²) in [5.74, 6) is -0.139. The van der Waals surface area contributed by atoms with Crippen molar-refractivity contribution in [1.29, 1.82) is 0 Å². The van der Waals surface area contributed by atoms with E-state index in [1.807, 2.05) is 61.5 Å². The summed E-state index contributed by atoms with van der Waals surface area (Å²) >= 11 is 5.87. The van der Waals surface area contributed by atoms with Gasteiger partial charge in [0, 0.05) is 5.02 Å². The number of fused-ring (bicyclic) bond motifs is 1. The van der Waals surface area contributed by atoms with Crippen LogP contribution in [-0.4, -0.2) is 11.6 Å². The molecule has 3 rings (SSSR count). The first-order valence-corrected chi connectivity index (χ1v) is 8.07. The molecule has 3 aromatic rings. The summed E-state index contributed by atoms with van der Waals surface area (Å²) in [7, 11) is 0. The lowest BCUT2D eigenvalue weighted by molar-refractivity contribution is -0.120. The lowest BCUT2D eigenvalue weighted by Crippen LogP contribution is -2.21. The van der Waals surface area contributed by atoms with Crippen molar-refractivity contribution in [3.05, 3.63) is 82.9 Å². The summed E-state index contributed by atoms with van der Waals surface area (Å²) in [6.45, 7) is 1.85. The first-order valence-electron chi connectivity index (χ1n) is 7.69. The molecule has 0 aliphatic carbocycles. The quantitative estimate of drug-likeness (QED) is 0.550. The molecule has 3 aromatic carbocycles. The number of nitrogens with zero attached hydrogens (tertiary/aromatic N) is 1. The maximum Gasteiger partial charge on any atom is 0.244 e. The topological polar surface area (TPSA) is 41.5 Å². The van der Waals surface area contributed by atoms with E-state index in [1.165, 1.54) is 0 Å². The van der Waals surface area contributed by atoms with Gasteiger partial charge in [0.05, 0.1) is 12.1 Å². The van der Waals surface area contributed by atoms with Gasteiger partial charge in [0.15, 0.2) is 0 Å². The minimum atomic E-state index is -0.139. The van der Waals surface area contributed by atoms with Crippen LogP contribution >= 0.6 is 11.6 Å². The van der Waals surface area contributed by atoms with Crippen LogP contribution in [0.2, 0.25) is 5.02 Å². The fraction of sp³-hybridized carbons (Fsp3) is 0.100. The van der Waals surface area contributed by atoms with Crippen LogP contribution in [0, 0.1) is 0 Å². The van der Waals surface area contributed by atoms with Gasteiger partial charge in [0.25, 0.3) is 0 Å². The van der Waals surface area contributed by atoms with E-state index < -0.39 is 0 Å². The number of carbonyl (C=O) groups excluding carboxylic acids is 1. The third-order valence-electron chi connectivity index (χ3n) is 3.84. The van der Waals surface area contributed by atoms with Crippen LogP contribution in [-0.2, 0) is 11.2 Å². The van der Waals surface area contributed by atoms with E-state index in [4.69, 9.17) is 11.6 Å². The lowest BCUT2D eigenvalue weighted by Gasteiger charge is -2.06. The number of rotatable bonds is 4. The first-order chi connectivity index (χ1) is 11.6. The molecule has 0 spiro atoms. The van der Waals surface area contributed by atoms with Crippen molar-refractivity contribution in [2.45, 2.75) is 13.3 Å². The standard InChI is InChI=1S/C20H17ClN2O/c1-14(15-9-11-18(21)12-10-15)22-23-20(24)13-17-7-4-6-16-5-2-3-8-19(16)17/h2-12H,13H2,1H3,(H,23,24)/b22-14-. The molecular formula is C20H17ClN2O. The fourth-order valence-electron chi connectivity index (χ4n) is 2.56. The Kier molecular flexibility index (Phi) is 4.92. The number of nitrogens with one attached hydrogen (secondary N) is 1. The van der Waals surface area contributed by atoms with Crippen LogP contribution in [0.15, 0.2) is 71.8 Å². The second-order valence-corrected chi connectivity index (χ2v) is 5.99. The molecular weight excluding hydrogens is 320 g/mol. The number of hydrazone groups is 1. The summed E-state index contributed by atoms with van der Waals surface area (Å²) < 4.78 is 0. The summed E-state index contributed by atoms with van der Waals surface area (Å²) in [4.78, 5) is 12.2. The monoisotopic (exact) mass is 336 g/mol.